The van der Waals surface area contributed by atoms with Gasteiger partial charge in [-0.1, -0.05) is 54.1 Å². The number of hydrogen-bond acceptors (Lipinski definition) is 2. The molecule has 0 radical (unpaired) electrons. The third-order valence-corrected chi connectivity index (χ3v) is 10.6. The minimum absolute atomic E-state index is 0.182. The maximum atomic E-state index is 13.9. The number of hydrogen-bond donors (Lipinski definition) is 1. The summed E-state index contributed by atoms with van der Waals surface area (Å²) in [5.41, 5.74) is 5.97. The van der Waals surface area contributed by atoms with Crippen molar-refractivity contribution in [2.75, 3.05) is 0 Å². The molecule has 0 saturated heterocycles. The van der Waals surface area contributed by atoms with E-state index in [4.69, 9.17) is 16.7 Å². The Morgan fingerprint density at radius 1 is 1.03 bits per heavy atom. The van der Waals surface area contributed by atoms with Crippen LogP contribution in [0.3, 0.4) is 0 Å². The Hall–Kier alpha value is -2.59. The molecule has 0 aliphatic heterocycles. The Labute approximate surface area is 231 Å². The second-order valence-electron chi connectivity index (χ2n) is 12.8. The molecular weight excluding hydrogens is 490 g/mol. The van der Waals surface area contributed by atoms with E-state index in [1.165, 1.54) is 49.7 Å². The van der Waals surface area contributed by atoms with E-state index < -0.39 is 0 Å². The highest BCUT2D eigenvalue weighted by atomic mass is 35.5. The number of rotatable bonds is 6. The molecule has 4 bridgehead atoms. The lowest BCUT2D eigenvalue weighted by Gasteiger charge is -2.59. The summed E-state index contributed by atoms with van der Waals surface area (Å²) >= 11 is 6.24. The fourth-order valence-electron chi connectivity index (χ4n) is 8.90. The first-order chi connectivity index (χ1) is 18.5. The van der Waals surface area contributed by atoms with Gasteiger partial charge in [0.2, 0.25) is 5.91 Å². The zero-order valence-corrected chi connectivity index (χ0v) is 23.1. The average Bonchev–Trinajstić information content (AvgIpc) is 3.26. The van der Waals surface area contributed by atoms with Crippen molar-refractivity contribution in [3.05, 3.63) is 76.4 Å². The number of halogens is 1. The quantitative estimate of drug-likeness (QED) is 0.363. The van der Waals surface area contributed by atoms with E-state index in [0.29, 0.717) is 12.0 Å². The molecule has 38 heavy (non-hydrogen) atoms. The largest absolute Gasteiger partial charge is 0.353 e. The van der Waals surface area contributed by atoms with Crippen molar-refractivity contribution >= 4 is 17.5 Å². The van der Waals surface area contributed by atoms with Gasteiger partial charge < -0.3 is 5.32 Å². The summed E-state index contributed by atoms with van der Waals surface area (Å²) in [6.45, 7) is 2.98. The van der Waals surface area contributed by atoms with Crippen molar-refractivity contribution in [1.29, 1.82) is 0 Å². The predicted molar refractivity (Wildman–Crippen MR) is 152 cm³/mol. The number of nitrogens with zero attached hydrogens (tertiary/aromatic N) is 2. The molecule has 198 valence electrons. The number of aromatic nitrogens is 2. The van der Waals surface area contributed by atoms with Gasteiger partial charge in [0.15, 0.2) is 0 Å². The summed E-state index contributed by atoms with van der Waals surface area (Å²) in [6, 6.07) is 18.8. The first-order valence-electron chi connectivity index (χ1n) is 14.7. The van der Waals surface area contributed by atoms with Gasteiger partial charge in [-0.15, -0.1) is 0 Å². The highest BCUT2D eigenvalue weighted by Crippen LogP contribution is 2.61. The van der Waals surface area contributed by atoms with E-state index >= 15 is 0 Å². The smallest absolute Gasteiger partial charge is 0.229 e. The van der Waals surface area contributed by atoms with Gasteiger partial charge in [-0.25, -0.2) is 0 Å². The van der Waals surface area contributed by atoms with Crippen LogP contribution in [0.1, 0.15) is 81.0 Å². The van der Waals surface area contributed by atoms with Crippen LogP contribution in [0.4, 0.5) is 0 Å². The van der Waals surface area contributed by atoms with Gasteiger partial charge in [-0.3, -0.25) is 9.48 Å². The van der Waals surface area contributed by atoms with Crippen molar-refractivity contribution in [2.24, 2.45) is 23.2 Å². The molecule has 4 saturated carbocycles. The lowest BCUT2D eigenvalue weighted by atomic mass is 9.48. The van der Waals surface area contributed by atoms with Crippen LogP contribution in [-0.2, 0) is 17.8 Å². The second kappa shape index (κ2) is 9.55. The van der Waals surface area contributed by atoms with Crippen molar-refractivity contribution in [3.8, 4) is 11.3 Å². The molecule has 1 amide bonds. The number of fused-ring (bicyclic) bond motifs is 1. The minimum atomic E-state index is -0.182. The second-order valence-corrected chi connectivity index (χ2v) is 13.3. The number of carbonyl (C=O) groups excluding carboxylic acids is 1. The van der Waals surface area contributed by atoms with Gasteiger partial charge >= 0.3 is 0 Å². The molecule has 2 unspecified atom stereocenters. The lowest BCUT2D eigenvalue weighted by molar-refractivity contribution is -0.127. The summed E-state index contributed by atoms with van der Waals surface area (Å²) in [6.07, 6.45) is 11.0. The van der Waals surface area contributed by atoms with Crippen LogP contribution in [-0.4, -0.2) is 21.7 Å². The average molecular weight is 528 g/mol. The van der Waals surface area contributed by atoms with Gasteiger partial charge in [0, 0.05) is 22.2 Å². The Bertz CT molecular complexity index is 1290. The van der Waals surface area contributed by atoms with Crippen LogP contribution in [0.5, 0.6) is 0 Å². The van der Waals surface area contributed by atoms with Crippen molar-refractivity contribution in [3.63, 3.8) is 0 Å². The Morgan fingerprint density at radius 2 is 1.68 bits per heavy atom. The number of benzene rings is 2. The fraction of sp³-hybridized carbons (Fsp3) is 0.515. The highest BCUT2D eigenvalue weighted by molar-refractivity contribution is 6.30. The van der Waals surface area contributed by atoms with Gasteiger partial charge in [0.1, 0.15) is 0 Å². The first kappa shape index (κ1) is 24.5. The summed E-state index contributed by atoms with van der Waals surface area (Å²) < 4.78 is 2.12. The first-order valence-corrected chi connectivity index (χ1v) is 15.0. The molecule has 2 atom stereocenters. The van der Waals surface area contributed by atoms with Crippen LogP contribution in [0.15, 0.2) is 54.6 Å². The molecule has 3 aromatic rings. The lowest BCUT2D eigenvalue weighted by Crippen LogP contribution is -2.56. The van der Waals surface area contributed by atoms with Gasteiger partial charge in [0.05, 0.1) is 23.9 Å². The monoisotopic (exact) mass is 527 g/mol. The van der Waals surface area contributed by atoms with Crippen LogP contribution < -0.4 is 5.32 Å². The van der Waals surface area contributed by atoms with Crippen molar-refractivity contribution in [2.45, 2.75) is 83.2 Å². The fourth-order valence-corrected chi connectivity index (χ4v) is 9.02. The standard InChI is InChI=1S/C33H38ClN3O/c1-21(33-17-23-14-24(18-33)16-25(15-23)19-33)35-32(38)29-9-5-8-28-30(29)36-37(20-22-6-3-2-4-7-22)31(28)26-10-12-27(34)13-11-26/h2-4,6-7,10-13,21,23-25,29H,5,8-9,14-20H2,1H3,(H,35,38). The molecule has 5 heteroatoms. The molecule has 0 spiro atoms. The van der Waals surface area contributed by atoms with Crippen molar-refractivity contribution < 1.29 is 4.79 Å². The number of amides is 1. The molecule has 2 aromatic carbocycles. The zero-order chi connectivity index (χ0) is 25.9. The Balaban J connectivity index is 1.19. The van der Waals surface area contributed by atoms with E-state index in [-0.39, 0.29) is 17.9 Å². The molecule has 1 N–H and O–H groups in total. The summed E-state index contributed by atoms with van der Waals surface area (Å²) in [4.78, 5) is 13.9. The Morgan fingerprint density at radius 3 is 2.34 bits per heavy atom. The molecule has 5 aliphatic carbocycles. The zero-order valence-electron chi connectivity index (χ0n) is 22.3. The summed E-state index contributed by atoms with van der Waals surface area (Å²) in [7, 11) is 0. The van der Waals surface area contributed by atoms with E-state index in [0.717, 1.165) is 59.0 Å². The molecule has 1 heterocycles. The SMILES string of the molecule is CC(NC(=O)C1CCCc2c1nn(Cc1ccccc1)c2-c1ccc(Cl)cc1)C12CC3CC(CC(C3)C1)C2. The van der Waals surface area contributed by atoms with Crippen LogP contribution in [0.25, 0.3) is 11.3 Å². The van der Waals surface area contributed by atoms with Gasteiger partial charge in [-0.05, 0) is 106 Å². The molecular formula is C33H38ClN3O. The minimum Gasteiger partial charge on any atom is -0.353 e. The van der Waals surface area contributed by atoms with Crippen LogP contribution >= 0.6 is 11.6 Å². The molecule has 8 rings (SSSR count). The van der Waals surface area contributed by atoms with E-state index in [1.54, 1.807) is 0 Å². The summed E-state index contributed by atoms with van der Waals surface area (Å²) in [5, 5.41) is 9.47. The van der Waals surface area contributed by atoms with Gasteiger partial charge in [-0.2, -0.15) is 5.10 Å². The van der Waals surface area contributed by atoms with E-state index in [9.17, 15) is 4.79 Å². The predicted octanol–water partition coefficient (Wildman–Crippen LogP) is 7.39. The number of carbonyl (C=O) groups is 1. The van der Waals surface area contributed by atoms with Crippen LogP contribution in [0.2, 0.25) is 5.02 Å². The normalized spacial score (nSPS) is 30.2. The van der Waals surface area contributed by atoms with Gasteiger partial charge in [0.25, 0.3) is 0 Å². The highest BCUT2D eigenvalue weighted by Gasteiger charge is 2.53. The topological polar surface area (TPSA) is 46.9 Å². The third-order valence-electron chi connectivity index (χ3n) is 10.3. The molecule has 5 aliphatic rings. The Kier molecular flexibility index (Phi) is 6.15. The maximum absolute atomic E-state index is 13.9. The molecule has 4 nitrogen and oxygen atoms in total. The van der Waals surface area contributed by atoms with Crippen LogP contribution in [0, 0.1) is 23.2 Å². The molecule has 1 aromatic heterocycles. The molecule has 4 fully saturated rings. The van der Waals surface area contributed by atoms with E-state index in [1.807, 2.05) is 18.2 Å². The van der Waals surface area contributed by atoms with E-state index in [2.05, 4.69) is 53.3 Å². The maximum Gasteiger partial charge on any atom is 0.229 e. The van der Waals surface area contributed by atoms with Crippen molar-refractivity contribution in [1.82, 2.24) is 15.1 Å². The number of nitrogens with one attached hydrogen (secondary N) is 1. The summed E-state index contributed by atoms with van der Waals surface area (Å²) in [5.74, 6) is 2.66. The third kappa shape index (κ3) is 4.29.